The van der Waals surface area contributed by atoms with Crippen molar-refractivity contribution in [1.82, 2.24) is 34.3 Å². The predicted molar refractivity (Wildman–Crippen MR) is 125 cm³/mol. The van der Waals surface area contributed by atoms with E-state index in [4.69, 9.17) is 5.73 Å². The molecule has 0 aliphatic heterocycles. The zero-order valence-electron chi connectivity index (χ0n) is 18.1. The number of anilines is 1. The van der Waals surface area contributed by atoms with E-state index in [1.54, 1.807) is 37.4 Å². The van der Waals surface area contributed by atoms with E-state index in [0.29, 0.717) is 27.7 Å². The van der Waals surface area contributed by atoms with Crippen LogP contribution in [0.15, 0.2) is 53.7 Å². The standard InChI is InChI=1S/C23H19FN8O2/c1-13-8-9-26-21-18(13)23(34)32(16-7-3-2-5-14(16)24)17(29-21)11-31-22-19(20(25)27-12-28-22)15(30-31)6-4-10-33/h2-9,12,33H,10-11H2,1H3,(H2,25,27,28)/b6-4+. The molecule has 11 heteroatoms. The molecule has 5 rings (SSSR count). The van der Waals surface area contributed by atoms with Gasteiger partial charge in [0.15, 0.2) is 11.3 Å². The van der Waals surface area contributed by atoms with Gasteiger partial charge < -0.3 is 10.8 Å². The lowest BCUT2D eigenvalue weighted by molar-refractivity contribution is 0.343. The Morgan fingerprint density at radius 3 is 2.76 bits per heavy atom. The molecule has 0 bridgehead atoms. The second-order valence-electron chi connectivity index (χ2n) is 7.53. The highest BCUT2D eigenvalue weighted by atomic mass is 19.1. The summed E-state index contributed by atoms with van der Waals surface area (Å²) in [5.41, 5.74) is 7.45. The number of pyridine rings is 1. The van der Waals surface area contributed by atoms with Gasteiger partial charge in [-0.25, -0.2) is 29.0 Å². The maximum atomic E-state index is 14.8. The number of hydrogen-bond donors (Lipinski definition) is 2. The Bertz CT molecular complexity index is 1640. The summed E-state index contributed by atoms with van der Waals surface area (Å²) in [5, 5.41) is 14.5. The fraction of sp³-hybridized carbons (Fsp3) is 0.130. The first kappa shape index (κ1) is 21.3. The number of nitrogens with zero attached hydrogens (tertiary/aromatic N) is 7. The Hall–Kier alpha value is -4.51. The first-order valence-electron chi connectivity index (χ1n) is 10.4. The summed E-state index contributed by atoms with van der Waals surface area (Å²) < 4.78 is 17.6. The molecule has 0 fully saturated rings. The van der Waals surface area contributed by atoms with Gasteiger partial charge in [0.1, 0.15) is 30.3 Å². The van der Waals surface area contributed by atoms with E-state index in [9.17, 15) is 14.3 Å². The lowest BCUT2D eigenvalue weighted by Crippen LogP contribution is -2.27. The topological polar surface area (TPSA) is 138 Å². The van der Waals surface area contributed by atoms with Gasteiger partial charge in [-0.3, -0.25) is 9.36 Å². The first-order chi connectivity index (χ1) is 16.5. The van der Waals surface area contributed by atoms with Crippen LogP contribution in [-0.2, 0) is 6.54 Å². The van der Waals surface area contributed by atoms with Crippen LogP contribution in [0.1, 0.15) is 17.1 Å². The highest BCUT2D eigenvalue weighted by Crippen LogP contribution is 2.24. The number of aliphatic hydroxyl groups is 1. The Morgan fingerprint density at radius 1 is 1.15 bits per heavy atom. The molecule has 34 heavy (non-hydrogen) atoms. The van der Waals surface area contributed by atoms with Crippen LogP contribution in [0.5, 0.6) is 0 Å². The average molecular weight is 458 g/mol. The van der Waals surface area contributed by atoms with Crippen LogP contribution in [0, 0.1) is 12.7 Å². The van der Waals surface area contributed by atoms with Crippen molar-refractivity contribution in [3.05, 3.63) is 82.2 Å². The van der Waals surface area contributed by atoms with Gasteiger partial charge in [-0.1, -0.05) is 18.2 Å². The fourth-order valence-corrected chi connectivity index (χ4v) is 3.87. The van der Waals surface area contributed by atoms with Crippen LogP contribution in [-0.4, -0.2) is 46.0 Å². The van der Waals surface area contributed by atoms with Crippen molar-refractivity contribution >= 4 is 34.0 Å². The molecule has 0 spiro atoms. The SMILES string of the molecule is Cc1ccnc2nc(Cn3nc(/C=C/CO)c4c(N)ncnc43)n(-c3ccccc3F)c(=O)c12. The molecule has 170 valence electrons. The third-order valence-electron chi connectivity index (χ3n) is 5.40. The third-order valence-corrected chi connectivity index (χ3v) is 5.40. The monoisotopic (exact) mass is 458 g/mol. The smallest absolute Gasteiger partial charge is 0.268 e. The number of hydrogen-bond acceptors (Lipinski definition) is 8. The minimum atomic E-state index is -0.572. The van der Waals surface area contributed by atoms with Crippen molar-refractivity contribution in [3.63, 3.8) is 0 Å². The van der Waals surface area contributed by atoms with Gasteiger partial charge in [-0.15, -0.1) is 0 Å². The van der Waals surface area contributed by atoms with Crippen molar-refractivity contribution < 1.29 is 9.50 Å². The van der Waals surface area contributed by atoms with Crippen molar-refractivity contribution in [2.45, 2.75) is 13.5 Å². The zero-order valence-corrected chi connectivity index (χ0v) is 18.1. The van der Waals surface area contributed by atoms with Gasteiger partial charge >= 0.3 is 0 Å². The lowest BCUT2D eigenvalue weighted by atomic mass is 10.2. The number of nitrogen functional groups attached to an aromatic ring is 1. The number of aliphatic hydroxyl groups excluding tert-OH is 1. The molecular weight excluding hydrogens is 439 g/mol. The number of benzene rings is 1. The molecular formula is C23H19FN8O2. The Morgan fingerprint density at radius 2 is 1.97 bits per heavy atom. The van der Waals surface area contributed by atoms with Crippen molar-refractivity contribution in [1.29, 1.82) is 0 Å². The molecule has 0 amide bonds. The number of rotatable bonds is 5. The quantitative estimate of drug-likeness (QED) is 0.408. The summed E-state index contributed by atoms with van der Waals surface area (Å²) in [6.07, 6.45) is 5.98. The number of aromatic nitrogens is 7. The van der Waals surface area contributed by atoms with Crippen LogP contribution < -0.4 is 11.3 Å². The Balaban J connectivity index is 1.79. The molecule has 0 saturated carbocycles. The molecule has 0 atom stereocenters. The summed E-state index contributed by atoms with van der Waals surface area (Å²) in [6.45, 7) is 1.56. The normalized spacial score (nSPS) is 11.7. The number of halogens is 1. The summed E-state index contributed by atoms with van der Waals surface area (Å²) in [5.74, 6) is -0.152. The van der Waals surface area contributed by atoms with Gasteiger partial charge in [0.25, 0.3) is 5.56 Å². The van der Waals surface area contributed by atoms with E-state index in [2.05, 4.69) is 25.0 Å². The van der Waals surface area contributed by atoms with Gasteiger partial charge in [-0.05, 0) is 36.8 Å². The van der Waals surface area contributed by atoms with Gasteiger partial charge in [0.2, 0.25) is 0 Å². The van der Waals surface area contributed by atoms with Crippen LogP contribution in [0.2, 0.25) is 0 Å². The maximum absolute atomic E-state index is 14.8. The average Bonchev–Trinajstić information content (AvgIpc) is 3.17. The molecule has 5 aromatic rings. The van der Waals surface area contributed by atoms with Gasteiger partial charge in [0, 0.05) is 6.20 Å². The lowest BCUT2D eigenvalue weighted by Gasteiger charge is -2.15. The third kappa shape index (κ3) is 3.48. The number of aryl methyl sites for hydroxylation is 1. The van der Waals surface area contributed by atoms with E-state index < -0.39 is 11.4 Å². The van der Waals surface area contributed by atoms with Gasteiger partial charge in [0.05, 0.1) is 28.8 Å². The minimum Gasteiger partial charge on any atom is -0.392 e. The second-order valence-corrected chi connectivity index (χ2v) is 7.53. The zero-order chi connectivity index (χ0) is 23.8. The highest BCUT2D eigenvalue weighted by molar-refractivity contribution is 5.92. The second kappa shape index (κ2) is 8.45. The van der Waals surface area contributed by atoms with E-state index in [-0.39, 0.29) is 36.1 Å². The molecule has 3 N–H and O–H groups in total. The van der Waals surface area contributed by atoms with Crippen molar-refractivity contribution in [2.24, 2.45) is 0 Å². The summed E-state index contributed by atoms with van der Waals surface area (Å²) in [6, 6.07) is 7.68. The molecule has 0 saturated heterocycles. The van der Waals surface area contributed by atoms with Crippen LogP contribution >= 0.6 is 0 Å². The highest BCUT2D eigenvalue weighted by Gasteiger charge is 2.20. The largest absolute Gasteiger partial charge is 0.392 e. The molecule has 0 radical (unpaired) electrons. The molecule has 10 nitrogen and oxygen atoms in total. The Kier molecular flexibility index (Phi) is 5.30. The predicted octanol–water partition coefficient (Wildman–Crippen LogP) is 2.00. The van der Waals surface area contributed by atoms with E-state index in [1.807, 2.05) is 0 Å². The summed E-state index contributed by atoms with van der Waals surface area (Å²) in [4.78, 5) is 30.8. The summed E-state index contributed by atoms with van der Waals surface area (Å²) >= 11 is 0. The summed E-state index contributed by atoms with van der Waals surface area (Å²) in [7, 11) is 0. The van der Waals surface area contributed by atoms with E-state index in [0.717, 1.165) is 0 Å². The van der Waals surface area contributed by atoms with Crippen LogP contribution in [0.25, 0.3) is 33.8 Å². The van der Waals surface area contributed by atoms with Crippen LogP contribution in [0.3, 0.4) is 0 Å². The molecule has 0 unspecified atom stereocenters. The van der Waals surface area contributed by atoms with Crippen molar-refractivity contribution in [3.8, 4) is 5.69 Å². The number of fused-ring (bicyclic) bond motifs is 2. The minimum absolute atomic E-state index is 0.0327. The molecule has 0 aliphatic carbocycles. The fourth-order valence-electron chi connectivity index (χ4n) is 3.87. The molecule has 4 heterocycles. The number of nitrogens with two attached hydrogens (primary N) is 1. The van der Waals surface area contributed by atoms with E-state index in [1.165, 1.54) is 33.8 Å². The first-order valence-corrected chi connectivity index (χ1v) is 10.4. The number of para-hydroxylation sites is 1. The maximum Gasteiger partial charge on any atom is 0.268 e. The molecule has 1 aromatic carbocycles. The molecule has 0 aliphatic rings. The molecule has 4 aromatic heterocycles. The van der Waals surface area contributed by atoms with Crippen LogP contribution in [0.4, 0.5) is 10.2 Å². The van der Waals surface area contributed by atoms with E-state index >= 15 is 0 Å². The van der Waals surface area contributed by atoms with Gasteiger partial charge in [-0.2, -0.15) is 5.10 Å². The Labute approximate surface area is 191 Å². The van der Waals surface area contributed by atoms with Crippen molar-refractivity contribution in [2.75, 3.05) is 12.3 Å².